The average molecular weight is 265 g/mol. The van der Waals surface area contributed by atoms with Crippen molar-refractivity contribution < 1.29 is 0 Å². The molecule has 0 amide bonds. The van der Waals surface area contributed by atoms with Crippen molar-refractivity contribution in [2.45, 2.75) is 0 Å². The second-order valence-corrected chi connectivity index (χ2v) is 4.06. The minimum absolute atomic E-state index is 0.194. The molecule has 88 valence electrons. The lowest BCUT2D eigenvalue weighted by molar-refractivity contribution is 1.65. The molecular weight excluding hydrogens is 251 g/mol. The molecule has 0 unspecified atom stereocenters. The predicted molar refractivity (Wildman–Crippen MR) is 78.4 cm³/mol. The van der Waals surface area contributed by atoms with E-state index >= 15 is 0 Å². The van der Waals surface area contributed by atoms with Crippen molar-refractivity contribution in [2.24, 2.45) is 0 Å². The van der Waals surface area contributed by atoms with Crippen LogP contribution in [0.2, 0.25) is 0 Å². The van der Waals surface area contributed by atoms with E-state index in [-0.39, 0.29) is 5.34 Å². The largest absolute Gasteiger partial charge is 0.109 e. The molecule has 0 radical (unpaired) electrons. The summed E-state index contributed by atoms with van der Waals surface area (Å²) in [7, 11) is 0. The third-order valence-electron chi connectivity index (χ3n) is 2.07. The molecule has 0 aromatic heterocycles. The summed E-state index contributed by atoms with van der Waals surface area (Å²) in [5.74, 6) is 0. The molecule has 0 fully saturated rings. The minimum atomic E-state index is 0.194. The maximum absolute atomic E-state index is 4.76. The number of halogens is 2. The Morgan fingerprint density at radius 1 is 0.647 bits per heavy atom. The summed E-state index contributed by atoms with van der Waals surface area (Å²) in [5, 5.41) is 0.194. The van der Waals surface area contributed by atoms with Gasteiger partial charge in [-0.2, -0.15) is 0 Å². The van der Waals surface area contributed by atoms with Gasteiger partial charge in [0.1, 0.15) is 0 Å². The van der Waals surface area contributed by atoms with E-state index in [0.717, 1.165) is 0 Å². The van der Waals surface area contributed by atoms with Crippen molar-refractivity contribution in [3.63, 3.8) is 0 Å². The molecule has 17 heavy (non-hydrogen) atoms. The highest BCUT2D eigenvalue weighted by molar-refractivity contribution is 6.40. The smallest absolute Gasteiger partial charge is 0.0967 e. The van der Waals surface area contributed by atoms with Crippen LogP contribution < -0.4 is 0 Å². The number of hydrogen-bond donors (Lipinski definition) is 0. The molecule has 0 N–H and O–H groups in total. The Balaban J connectivity index is 0.000000437. The molecule has 0 saturated carbocycles. The van der Waals surface area contributed by atoms with Crippen molar-refractivity contribution in [2.75, 3.05) is 5.34 Å². The first-order valence-electron chi connectivity index (χ1n) is 5.27. The zero-order chi connectivity index (χ0) is 12.3. The summed E-state index contributed by atoms with van der Waals surface area (Å²) in [6.07, 6.45) is 4.24. The summed E-state index contributed by atoms with van der Waals surface area (Å²) in [6.45, 7) is 0. The molecule has 0 heterocycles. The van der Waals surface area contributed by atoms with Crippen LogP contribution in [-0.4, -0.2) is 5.34 Å². The first kappa shape index (κ1) is 13.8. The van der Waals surface area contributed by atoms with Crippen molar-refractivity contribution in [3.05, 3.63) is 71.8 Å². The van der Waals surface area contributed by atoms with Crippen molar-refractivity contribution in [1.29, 1.82) is 0 Å². The van der Waals surface area contributed by atoms with Gasteiger partial charge in [0.15, 0.2) is 0 Å². The number of rotatable bonds is 2. The summed E-state index contributed by atoms with van der Waals surface area (Å²) in [6, 6.07) is 20.6. The van der Waals surface area contributed by atoms with Crippen LogP contribution in [0.1, 0.15) is 11.1 Å². The van der Waals surface area contributed by atoms with Crippen molar-refractivity contribution >= 4 is 35.4 Å². The van der Waals surface area contributed by atoms with Crippen LogP contribution in [0.5, 0.6) is 0 Å². The summed E-state index contributed by atoms with van der Waals surface area (Å²) in [4.78, 5) is 0. The van der Waals surface area contributed by atoms with Crippen LogP contribution in [0, 0.1) is 0 Å². The predicted octanol–water partition coefficient (Wildman–Crippen LogP) is 5.28. The quantitative estimate of drug-likeness (QED) is 0.512. The van der Waals surface area contributed by atoms with E-state index in [2.05, 4.69) is 36.4 Å². The van der Waals surface area contributed by atoms with Crippen LogP contribution in [-0.2, 0) is 0 Å². The van der Waals surface area contributed by atoms with Crippen LogP contribution in [0.4, 0.5) is 0 Å². The van der Waals surface area contributed by atoms with Crippen LogP contribution in [0.3, 0.4) is 0 Å². The second kappa shape index (κ2) is 8.86. The molecule has 0 nitrogen and oxygen atoms in total. The molecule has 2 aromatic rings. The van der Waals surface area contributed by atoms with Gasteiger partial charge in [-0.1, -0.05) is 72.8 Å². The number of alkyl halides is 2. The lowest BCUT2D eigenvalue weighted by Crippen LogP contribution is -1.70. The lowest BCUT2D eigenvalue weighted by atomic mass is 10.1. The Morgan fingerprint density at radius 3 is 1.24 bits per heavy atom. The standard InChI is InChI=1S/C14H12.CH2Cl2/c1-3-7-13(8-4-1)11-12-14-9-5-2-6-10-14;2-1-3/h1-12H;1H2. The Hall–Kier alpha value is -1.24. The molecule has 0 atom stereocenters. The number of benzene rings is 2. The molecule has 2 heteroatoms. The van der Waals surface area contributed by atoms with Crippen LogP contribution in [0.25, 0.3) is 12.2 Å². The van der Waals surface area contributed by atoms with E-state index in [1.54, 1.807) is 0 Å². The SMILES string of the molecule is C(=Cc1ccccc1)c1ccccc1.ClCCl. The van der Waals surface area contributed by atoms with Gasteiger partial charge in [0, 0.05) is 0 Å². The molecule has 2 aromatic carbocycles. The fourth-order valence-corrected chi connectivity index (χ4v) is 1.32. The first-order valence-corrected chi connectivity index (χ1v) is 6.34. The highest BCUT2D eigenvalue weighted by atomic mass is 35.5. The van der Waals surface area contributed by atoms with Gasteiger partial charge in [-0.15, -0.1) is 23.2 Å². The molecule has 0 spiro atoms. The van der Waals surface area contributed by atoms with E-state index in [0.29, 0.717) is 0 Å². The highest BCUT2D eigenvalue weighted by Gasteiger charge is 1.84. The Bertz CT molecular complexity index is 380. The van der Waals surface area contributed by atoms with Gasteiger partial charge in [0.2, 0.25) is 0 Å². The van der Waals surface area contributed by atoms with E-state index in [1.165, 1.54) is 11.1 Å². The van der Waals surface area contributed by atoms with Crippen molar-refractivity contribution in [1.82, 2.24) is 0 Å². The first-order chi connectivity index (χ1) is 8.36. The van der Waals surface area contributed by atoms with E-state index in [1.807, 2.05) is 36.4 Å². The molecule has 0 aliphatic carbocycles. The Labute approximate surface area is 113 Å². The van der Waals surface area contributed by atoms with Gasteiger partial charge >= 0.3 is 0 Å². The van der Waals surface area contributed by atoms with Gasteiger partial charge in [-0.3, -0.25) is 0 Å². The molecule has 0 aliphatic rings. The monoisotopic (exact) mass is 264 g/mol. The van der Waals surface area contributed by atoms with Gasteiger partial charge < -0.3 is 0 Å². The Kier molecular flexibility index (Phi) is 7.20. The topological polar surface area (TPSA) is 0 Å². The van der Waals surface area contributed by atoms with Crippen molar-refractivity contribution in [3.8, 4) is 0 Å². The molecule has 0 aliphatic heterocycles. The molecule has 0 saturated heterocycles. The van der Waals surface area contributed by atoms with Gasteiger partial charge in [-0.25, -0.2) is 0 Å². The Morgan fingerprint density at radius 2 is 0.941 bits per heavy atom. The average Bonchev–Trinajstić information content (AvgIpc) is 2.40. The second-order valence-electron chi connectivity index (χ2n) is 3.26. The third-order valence-corrected chi connectivity index (χ3v) is 2.07. The lowest BCUT2D eigenvalue weighted by Gasteiger charge is -1.92. The summed E-state index contributed by atoms with van der Waals surface area (Å²) >= 11 is 9.53. The third kappa shape index (κ3) is 6.15. The summed E-state index contributed by atoms with van der Waals surface area (Å²) < 4.78 is 0. The molecule has 0 bridgehead atoms. The van der Waals surface area contributed by atoms with E-state index in [9.17, 15) is 0 Å². The van der Waals surface area contributed by atoms with Gasteiger partial charge in [0.25, 0.3) is 0 Å². The molecule has 2 rings (SSSR count). The van der Waals surface area contributed by atoms with Crippen LogP contribution in [0.15, 0.2) is 60.7 Å². The fourth-order valence-electron chi connectivity index (χ4n) is 1.32. The zero-order valence-corrected chi connectivity index (χ0v) is 10.9. The summed E-state index contributed by atoms with van der Waals surface area (Å²) in [5.41, 5.74) is 2.47. The normalized spacial score (nSPS) is 9.76. The number of hydrogen-bond acceptors (Lipinski definition) is 0. The zero-order valence-electron chi connectivity index (χ0n) is 9.39. The van der Waals surface area contributed by atoms with E-state index < -0.39 is 0 Å². The molecular formula is C15H14Cl2. The fraction of sp³-hybridized carbons (Fsp3) is 0.0667. The van der Waals surface area contributed by atoms with Gasteiger partial charge in [-0.05, 0) is 11.1 Å². The maximum Gasteiger partial charge on any atom is 0.0967 e. The minimum Gasteiger partial charge on any atom is -0.109 e. The van der Waals surface area contributed by atoms with E-state index in [4.69, 9.17) is 23.2 Å². The maximum atomic E-state index is 4.76. The highest BCUT2D eigenvalue weighted by Crippen LogP contribution is 2.06. The van der Waals surface area contributed by atoms with Gasteiger partial charge in [0.05, 0.1) is 5.34 Å². The van der Waals surface area contributed by atoms with Crippen LogP contribution >= 0.6 is 23.2 Å².